The van der Waals surface area contributed by atoms with Crippen molar-refractivity contribution in [1.29, 1.82) is 0 Å². The van der Waals surface area contributed by atoms with Gasteiger partial charge in [-0.2, -0.15) is 5.10 Å². The van der Waals surface area contributed by atoms with Crippen LogP contribution in [0.5, 0.6) is 0 Å². The van der Waals surface area contributed by atoms with Gasteiger partial charge in [0.25, 0.3) is 5.91 Å². The van der Waals surface area contributed by atoms with Gasteiger partial charge in [0.2, 0.25) is 5.43 Å². The summed E-state index contributed by atoms with van der Waals surface area (Å²) in [5, 5.41) is 18.1. The molecule has 3 aromatic rings. The van der Waals surface area contributed by atoms with Crippen molar-refractivity contribution in [3.63, 3.8) is 0 Å². The molecule has 11 nitrogen and oxygen atoms in total. The molecule has 2 N–H and O–H groups in total. The molecule has 40 heavy (non-hydrogen) atoms. The lowest BCUT2D eigenvalue weighted by Gasteiger charge is -2.43. The van der Waals surface area contributed by atoms with Crippen LogP contribution >= 0.6 is 11.6 Å². The number of fused-ring (bicyclic) bond motifs is 1. The Morgan fingerprint density at radius 3 is 2.48 bits per heavy atom. The molecular formula is C28H32ClN5O6. The Balaban J connectivity index is 1.60. The first-order valence-electron chi connectivity index (χ1n) is 13.1. The lowest BCUT2D eigenvalue weighted by molar-refractivity contribution is -0.0500. The Bertz CT molecular complexity index is 1490. The van der Waals surface area contributed by atoms with Gasteiger partial charge in [-0.15, -0.1) is 0 Å². The summed E-state index contributed by atoms with van der Waals surface area (Å²) in [6.45, 7) is 5.83. The summed E-state index contributed by atoms with van der Waals surface area (Å²) in [5.41, 5.74) is 0.891. The van der Waals surface area contributed by atoms with Gasteiger partial charge in [0, 0.05) is 50.4 Å². The molecule has 0 bridgehead atoms. The standard InChI is InChI=1S/C28H32ClN5O6/c1-28(17-40-12-9-34(28)27(37)38)22-14-19(16-33-7-10-39-11-8-33)13-21-24(22)32(2)31-23(25(21)35)26(36)30-15-18-3-5-20(29)6-4-18/h3-6,13-14H,7-12,15-17H2,1-2H3,(H,30,36)(H,37,38). The van der Waals surface area contributed by atoms with Crippen LogP contribution in [0, 0.1) is 0 Å². The van der Waals surface area contributed by atoms with E-state index in [2.05, 4.69) is 15.3 Å². The van der Waals surface area contributed by atoms with Crippen LogP contribution in [0.1, 0.15) is 34.1 Å². The van der Waals surface area contributed by atoms with E-state index in [1.165, 1.54) is 9.58 Å². The second-order valence-electron chi connectivity index (χ2n) is 10.3. The summed E-state index contributed by atoms with van der Waals surface area (Å²) in [6, 6.07) is 10.8. The zero-order valence-corrected chi connectivity index (χ0v) is 23.2. The number of rotatable bonds is 6. The number of nitrogens with one attached hydrogen (secondary N) is 1. The highest BCUT2D eigenvalue weighted by Crippen LogP contribution is 2.36. The largest absolute Gasteiger partial charge is 0.465 e. The molecule has 1 aromatic heterocycles. The fourth-order valence-corrected chi connectivity index (χ4v) is 5.53. The molecule has 0 aliphatic carbocycles. The van der Waals surface area contributed by atoms with E-state index in [4.69, 9.17) is 21.1 Å². The number of morpholine rings is 2. The summed E-state index contributed by atoms with van der Waals surface area (Å²) >= 11 is 5.95. The highest BCUT2D eigenvalue weighted by Gasteiger charge is 2.42. The first kappa shape index (κ1) is 28.0. The van der Waals surface area contributed by atoms with Crippen molar-refractivity contribution in [3.05, 3.63) is 74.0 Å². The van der Waals surface area contributed by atoms with E-state index in [1.54, 1.807) is 44.3 Å². The second-order valence-corrected chi connectivity index (χ2v) is 10.7. The maximum absolute atomic E-state index is 13.8. The van der Waals surface area contributed by atoms with E-state index in [0.717, 1.165) is 24.2 Å². The van der Waals surface area contributed by atoms with Crippen LogP contribution in [0.25, 0.3) is 10.9 Å². The minimum atomic E-state index is -1.08. The number of hydrogen-bond donors (Lipinski definition) is 2. The fraction of sp³-hybridized carbons (Fsp3) is 0.429. The maximum atomic E-state index is 13.8. The lowest BCUT2D eigenvalue weighted by atomic mass is 9.86. The Kier molecular flexibility index (Phi) is 8.09. The molecule has 2 amide bonds. The van der Waals surface area contributed by atoms with Gasteiger partial charge < -0.3 is 19.9 Å². The normalized spacial score (nSPS) is 20.0. The van der Waals surface area contributed by atoms with Crippen molar-refractivity contribution in [2.45, 2.75) is 25.6 Å². The Labute approximate surface area is 236 Å². The van der Waals surface area contributed by atoms with E-state index in [-0.39, 0.29) is 32.0 Å². The van der Waals surface area contributed by atoms with Crippen molar-refractivity contribution in [2.24, 2.45) is 7.05 Å². The van der Waals surface area contributed by atoms with Crippen LogP contribution in [0.2, 0.25) is 5.02 Å². The average Bonchev–Trinajstić information content (AvgIpc) is 2.94. The molecule has 5 rings (SSSR count). The van der Waals surface area contributed by atoms with Crippen molar-refractivity contribution in [3.8, 4) is 0 Å². The first-order chi connectivity index (χ1) is 19.2. The van der Waals surface area contributed by atoms with E-state index >= 15 is 0 Å². The predicted octanol–water partition coefficient (Wildman–Crippen LogP) is 2.57. The smallest absolute Gasteiger partial charge is 0.408 e. The molecule has 0 spiro atoms. The van der Waals surface area contributed by atoms with Crippen molar-refractivity contribution in [1.82, 2.24) is 24.9 Å². The van der Waals surface area contributed by atoms with Crippen LogP contribution < -0.4 is 10.7 Å². The third kappa shape index (κ3) is 5.55. The van der Waals surface area contributed by atoms with Crippen molar-refractivity contribution >= 4 is 34.5 Å². The van der Waals surface area contributed by atoms with Crippen molar-refractivity contribution in [2.75, 3.05) is 46.1 Å². The molecule has 12 heteroatoms. The van der Waals surface area contributed by atoms with Gasteiger partial charge in [0.1, 0.15) is 0 Å². The van der Waals surface area contributed by atoms with Gasteiger partial charge in [-0.05, 0) is 42.3 Å². The summed E-state index contributed by atoms with van der Waals surface area (Å²) < 4.78 is 12.7. The summed E-state index contributed by atoms with van der Waals surface area (Å²) in [4.78, 5) is 42.8. The van der Waals surface area contributed by atoms with Crippen LogP contribution in [-0.4, -0.2) is 82.7 Å². The number of carbonyl (C=O) groups excluding carboxylic acids is 1. The third-order valence-corrected chi connectivity index (χ3v) is 7.80. The van der Waals surface area contributed by atoms with Crippen LogP contribution in [0.3, 0.4) is 0 Å². The Morgan fingerprint density at radius 1 is 1.07 bits per heavy atom. The summed E-state index contributed by atoms with van der Waals surface area (Å²) in [6.07, 6.45) is -1.08. The highest BCUT2D eigenvalue weighted by molar-refractivity contribution is 6.30. The minimum absolute atomic E-state index is 0.118. The zero-order valence-electron chi connectivity index (χ0n) is 22.5. The van der Waals surface area contributed by atoms with Crippen LogP contribution in [-0.2, 0) is 35.1 Å². The molecule has 2 fully saturated rings. The van der Waals surface area contributed by atoms with E-state index in [0.29, 0.717) is 41.2 Å². The molecule has 2 aromatic carbocycles. The molecule has 2 aliphatic rings. The number of carbonyl (C=O) groups is 2. The quantitative estimate of drug-likeness (QED) is 0.464. The van der Waals surface area contributed by atoms with Crippen LogP contribution in [0.15, 0.2) is 41.2 Å². The second kappa shape index (κ2) is 11.5. The molecule has 212 valence electrons. The van der Waals surface area contributed by atoms with Gasteiger partial charge in [0.15, 0.2) is 5.69 Å². The average molecular weight is 570 g/mol. The molecule has 1 unspecified atom stereocenters. The summed E-state index contributed by atoms with van der Waals surface area (Å²) in [7, 11) is 1.65. The van der Waals surface area contributed by atoms with Gasteiger partial charge in [-0.25, -0.2) is 4.79 Å². The monoisotopic (exact) mass is 569 g/mol. The molecule has 2 saturated heterocycles. The van der Waals surface area contributed by atoms with Gasteiger partial charge in [-0.1, -0.05) is 23.7 Å². The number of benzene rings is 2. The maximum Gasteiger partial charge on any atom is 0.408 e. The topological polar surface area (TPSA) is 126 Å². The van der Waals surface area contributed by atoms with E-state index in [9.17, 15) is 19.5 Å². The fourth-order valence-electron chi connectivity index (χ4n) is 5.41. The Hall–Kier alpha value is -3.51. The number of ether oxygens (including phenoxy) is 2. The molecule has 1 atom stereocenters. The molecular weight excluding hydrogens is 538 g/mol. The number of hydrogen-bond acceptors (Lipinski definition) is 7. The van der Waals surface area contributed by atoms with Crippen molar-refractivity contribution < 1.29 is 24.2 Å². The number of halogens is 1. The number of carboxylic acid groups (broad SMARTS) is 1. The molecule has 3 heterocycles. The highest BCUT2D eigenvalue weighted by atomic mass is 35.5. The SMILES string of the molecule is Cn1nc(C(=O)NCc2ccc(Cl)cc2)c(=O)c2cc(CN3CCOCC3)cc(C3(C)COCCN3C(=O)O)c21. The van der Waals surface area contributed by atoms with Gasteiger partial charge >= 0.3 is 6.09 Å². The van der Waals surface area contributed by atoms with Gasteiger partial charge in [0.05, 0.1) is 42.9 Å². The zero-order chi connectivity index (χ0) is 28.4. The number of amides is 2. The number of nitrogens with zero attached hydrogens (tertiary/aromatic N) is 4. The van der Waals surface area contributed by atoms with Crippen LogP contribution in [0.4, 0.5) is 4.79 Å². The lowest BCUT2D eigenvalue weighted by Crippen LogP contribution is -2.55. The minimum Gasteiger partial charge on any atom is -0.465 e. The Morgan fingerprint density at radius 2 is 1.77 bits per heavy atom. The predicted molar refractivity (Wildman–Crippen MR) is 149 cm³/mol. The molecule has 0 radical (unpaired) electrons. The molecule has 0 saturated carbocycles. The first-order valence-corrected chi connectivity index (χ1v) is 13.5. The number of aryl methyl sites for hydroxylation is 1. The van der Waals surface area contributed by atoms with Gasteiger partial charge in [-0.3, -0.25) is 24.1 Å². The summed E-state index contributed by atoms with van der Waals surface area (Å²) in [5.74, 6) is -0.600. The van der Waals surface area contributed by atoms with E-state index in [1.807, 2.05) is 6.07 Å². The third-order valence-electron chi connectivity index (χ3n) is 7.54. The molecule has 2 aliphatic heterocycles. The number of aromatic nitrogens is 2. The van der Waals surface area contributed by atoms with E-state index < -0.39 is 23.0 Å².